The number of rotatable bonds is 3. The molecule has 0 radical (unpaired) electrons. The Morgan fingerprint density at radius 2 is 2.24 bits per heavy atom. The summed E-state index contributed by atoms with van der Waals surface area (Å²) in [5, 5.41) is 7.37. The largest absolute Gasteiger partial charge is 0.389 e. The van der Waals surface area contributed by atoms with E-state index in [0.29, 0.717) is 4.99 Å². The lowest BCUT2D eigenvalue weighted by Crippen LogP contribution is -2.15. The van der Waals surface area contributed by atoms with Gasteiger partial charge < -0.3 is 11.1 Å². The molecule has 0 aliphatic heterocycles. The van der Waals surface area contributed by atoms with E-state index in [4.69, 9.17) is 18.0 Å². The monoisotopic (exact) mass is 263 g/mol. The average molecular weight is 263 g/mol. The molecular formula is C12H13N3S2. The van der Waals surface area contributed by atoms with E-state index >= 15 is 0 Å². The van der Waals surface area contributed by atoms with Crippen molar-refractivity contribution >= 4 is 39.9 Å². The van der Waals surface area contributed by atoms with Crippen LogP contribution >= 0.6 is 23.6 Å². The maximum atomic E-state index is 5.75. The quantitative estimate of drug-likeness (QED) is 0.835. The second kappa shape index (κ2) is 4.81. The number of thiocarbonyl (C=S) groups is 1. The molecule has 17 heavy (non-hydrogen) atoms. The van der Waals surface area contributed by atoms with Crippen LogP contribution in [-0.4, -0.2) is 9.97 Å². The number of hydrogen-bond acceptors (Lipinski definition) is 4. The normalized spacial score (nSPS) is 10.2. The molecule has 0 bridgehead atoms. The summed E-state index contributed by atoms with van der Waals surface area (Å²) in [4.78, 5) is 4.75. The molecule has 0 unspecified atom stereocenters. The standard InChI is InChI=1S/C12H13N3S2/c1-7-5-10(15-9-3-4-17-6-9)11(12(13)16)8(2)14-7/h3-6H,1-2H3,(H2,13,16)(H,14,15). The fraction of sp³-hybridized carbons (Fsp3) is 0.167. The van der Waals surface area contributed by atoms with Crippen LogP contribution in [0.3, 0.4) is 0 Å². The average Bonchev–Trinajstić information content (AvgIpc) is 2.68. The summed E-state index contributed by atoms with van der Waals surface area (Å²) < 4.78 is 0. The Kier molecular flexibility index (Phi) is 3.40. The number of pyridine rings is 1. The second-order valence-corrected chi connectivity index (χ2v) is 4.99. The number of aromatic nitrogens is 1. The van der Waals surface area contributed by atoms with Crippen molar-refractivity contribution in [1.29, 1.82) is 0 Å². The lowest BCUT2D eigenvalue weighted by molar-refractivity contribution is 1.12. The SMILES string of the molecule is Cc1cc(Nc2ccsc2)c(C(N)=S)c(C)n1. The van der Waals surface area contributed by atoms with Crippen LogP contribution in [0, 0.1) is 13.8 Å². The fourth-order valence-electron chi connectivity index (χ4n) is 1.73. The Morgan fingerprint density at radius 1 is 1.47 bits per heavy atom. The highest BCUT2D eigenvalue weighted by atomic mass is 32.1. The summed E-state index contributed by atoms with van der Waals surface area (Å²) >= 11 is 6.72. The minimum atomic E-state index is 0.368. The third-order valence-electron chi connectivity index (χ3n) is 2.38. The van der Waals surface area contributed by atoms with Crippen LogP contribution in [0.2, 0.25) is 0 Å². The van der Waals surface area contributed by atoms with Gasteiger partial charge in [0.05, 0.1) is 11.3 Å². The highest BCUT2D eigenvalue weighted by molar-refractivity contribution is 7.80. The molecule has 2 heterocycles. The van der Waals surface area contributed by atoms with Crippen LogP contribution in [0.25, 0.3) is 0 Å². The summed E-state index contributed by atoms with van der Waals surface area (Å²) in [6.45, 7) is 3.87. The molecule has 3 nitrogen and oxygen atoms in total. The van der Waals surface area contributed by atoms with Gasteiger partial charge in [-0.3, -0.25) is 4.98 Å². The van der Waals surface area contributed by atoms with Crippen LogP contribution in [0.1, 0.15) is 17.0 Å². The molecule has 0 atom stereocenters. The van der Waals surface area contributed by atoms with E-state index in [9.17, 15) is 0 Å². The van der Waals surface area contributed by atoms with Crippen molar-refractivity contribution in [3.8, 4) is 0 Å². The highest BCUT2D eigenvalue weighted by Crippen LogP contribution is 2.25. The molecule has 0 spiro atoms. The first-order valence-electron chi connectivity index (χ1n) is 5.15. The fourth-order valence-corrected chi connectivity index (χ4v) is 2.57. The number of nitrogens with one attached hydrogen (secondary N) is 1. The first-order chi connectivity index (χ1) is 8.08. The van der Waals surface area contributed by atoms with Gasteiger partial charge in [-0.15, -0.1) is 0 Å². The van der Waals surface area contributed by atoms with E-state index in [1.54, 1.807) is 11.3 Å². The minimum Gasteiger partial charge on any atom is -0.389 e. The van der Waals surface area contributed by atoms with Crippen LogP contribution in [-0.2, 0) is 0 Å². The summed E-state index contributed by atoms with van der Waals surface area (Å²) in [7, 11) is 0. The maximum Gasteiger partial charge on any atom is 0.107 e. The van der Waals surface area contributed by atoms with Crippen LogP contribution in [0.15, 0.2) is 22.9 Å². The van der Waals surface area contributed by atoms with E-state index < -0.39 is 0 Å². The van der Waals surface area contributed by atoms with Crippen molar-refractivity contribution in [3.63, 3.8) is 0 Å². The molecule has 88 valence electrons. The third-order valence-corrected chi connectivity index (χ3v) is 3.26. The molecular weight excluding hydrogens is 250 g/mol. The van der Waals surface area contributed by atoms with Gasteiger partial charge >= 0.3 is 0 Å². The van der Waals surface area contributed by atoms with E-state index in [2.05, 4.69) is 10.3 Å². The molecule has 0 aliphatic rings. The number of nitrogens with two attached hydrogens (primary N) is 1. The van der Waals surface area contributed by atoms with Gasteiger partial charge in [0.1, 0.15) is 4.99 Å². The Bertz CT molecular complexity index is 547. The lowest BCUT2D eigenvalue weighted by Gasteiger charge is -2.13. The molecule has 0 saturated heterocycles. The number of hydrogen-bond donors (Lipinski definition) is 2. The molecule has 0 fully saturated rings. The number of aryl methyl sites for hydroxylation is 2. The predicted octanol–water partition coefficient (Wildman–Crippen LogP) is 3.14. The topological polar surface area (TPSA) is 50.9 Å². The highest BCUT2D eigenvalue weighted by Gasteiger charge is 2.11. The van der Waals surface area contributed by atoms with Crippen LogP contribution in [0.5, 0.6) is 0 Å². The Hall–Kier alpha value is -1.46. The lowest BCUT2D eigenvalue weighted by atomic mass is 10.1. The van der Waals surface area contributed by atoms with Crippen LogP contribution < -0.4 is 11.1 Å². The predicted molar refractivity (Wildman–Crippen MR) is 77.2 cm³/mol. The molecule has 3 N–H and O–H groups in total. The zero-order valence-electron chi connectivity index (χ0n) is 9.65. The van der Waals surface area contributed by atoms with Gasteiger partial charge in [0.25, 0.3) is 0 Å². The van der Waals surface area contributed by atoms with Gasteiger partial charge in [-0.05, 0) is 31.4 Å². The first-order valence-corrected chi connectivity index (χ1v) is 6.50. The molecule has 5 heteroatoms. The van der Waals surface area contributed by atoms with Gasteiger partial charge in [0, 0.05) is 22.5 Å². The van der Waals surface area contributed by atoms with E-state index in [0.717, 1.165) is 28.3 Å². The minimum absolute atomic E-state index is 0.368. The first kappa shape index (κ1) is 12.0. The number of thiophene rings is 1. The molecule has 0 aliphatic carbocycles. The summed E-state index contributed by atoms with van der Waals surface area (Å²) in [5.41, 5.74) is 10.3. The third kappa shape index (κ3) is 2.62. The molecule has 0 aromatic carbocycles. The van der Waals surface area contributed by atoms with Crippen molar-refractivity contribution in [1.82, 2.24) is 4.98 Å². The van der Waals surface area contributed by atoms with Gasteiger partial charge in [-0.25, -0.2) is 0 Å². The van der Waals surface area contributed by atoms with Crippen molar-refractivity contribution < 1.29 is 0 Å². The van der Waals surface area contributed by atoms with E-state index in [-0.39, 0.29) is 0 Å². The smallest absolute Gasteiger partial charge is 0.107 e. The molecule has 2 rings (SSSR count). The van der Waals surface area contributed by atoms with Crippen molar-refractivity contribution in [3.05, 3.63) is 39.8 Å². The number of anilines is 2. The van der Waals surface area contributed by atoms with Gasteiger partial charge in [-0.2, -0.15) is 11.3 Å². The Balaban J connectivity index is 2.47. The molecule has 2 aromatic rings. The van der Waals surface area contributed by atoms with Gasteiger partial charge in [0.15, 0.2) is 0 Å². The zero-order chi connectivity index (χ0) is 12.4. The van der Waals surface area contributed by atoms with Crippen molar-refractivity contribution in [2.75, 3.05) is 5.32 Å². The van der Waals surface area contributed by atoms with Crippen molar-refractivity contribution in [2.24, 2.45) is 5.73 Å². The second-order valence-electron chi connectivity index (χ2n) is 3.77. The molecule has 0 amide bonds. The zero-order valence-corrected chi connectivity index (χ0v) is 11.3. The summed E-state index contributed by atoms with van der Waals surface area (Å²) in [6, 6.07) is 3.97. The van der Waals surface area contributed by atoms with Gasteiger partial charge in [0.2, 0.25) is 0 Å². The van der Waals surface area contributed by atoms with Crippen molar-refractivity contribution in [2.45, 2.75) is 13.8 Å². The summed E-state index contributed by atoms with van der Waals surface area (Å²) in [6.07, 6.45) is 0. The molecule has 0 saturated carbocycles. The van der Waals surface area contributed by atoms with E-state index in [1.807, 2.05) is 36.7 Å². The van der Waals surface area contributed by atoms with Crippen LogP contribution in [0.4, 0.5) is 11.4 Å². The molecule has 2 aromatic heterocycles. The van der Waals surface area contributed by atoms with E-state index in [1.165, 1.54) is 0 Å². The maximum absolute atomic E-state index is 5.75. The number of nitrogens with zero attached hydrogens (tertiary/aromatic N) is 1. The summed E-state index contributed by atoms with van der Waals surface area (Å²) in [5.74, 6) is 0. The van der Waals surface area contributed by atoms with Gasteiger partial charge in [-0.1, -0.05) is 12.2 Å². The Morgan fingerprint density at radius 3 is 2.82 bits per heavy atom. The Labute approximate surface area is 110 Å².